The van der Waals surface area contributed by atoms with Gasteiger partial charge in [0.1, 0.15) is 0 Å². The summed E-state index contributed by atoms with van der Waals surface area (Å²) < 4.78 is 0. The van der Waals surface area contributed by atoms with Crippen LogP contribution in [0.4, 0.5) is 0 Å². The Labute approximate surface area is 194 Å². The predicted molar refractivity (Wildman–Crippen MR) is 134 cm³/mol. The monoisotopic (exact) mass is 438 g/mol. The van der Waals surface area contributed by atoms with Crippen molar-refractivity contribution in [2.24, 2.45) is 0 Å². The molecule has 3 N–H and O–H groups in total. The summed E-state index contributed by atoms with van der Waals surface area (Å²) in [5.41, 5.74) is 3.59. The summed E-state index contributed by atoms with van der Waals surface area (Å²) in [7, 11) is 0. The maximum atomic E-state index is 10.1. The lowest BCUT2D eigenvalue weighted by Gasteiger charge is -2.35. The molecule has 1 atom stereocenters. The zero-order chi connectivity index (χ0) is 22.6. The number of phenolic OH excluding ortho intramolecular Hbond substituents is 2. The lowest BCUT2D eigenvalue weighted by Crippen LogP contribution is -2.40. The molecule has 0 saturated carbocycles. The average Bonchev–Trinajstić information content (AvgIpc) is 2.82. The lowest BCUT2D eigenvalue weighted by molar-refractivity contribution is 0.175. The Morgan fingerprint density at radius 3 is 2.50 bits per heavy atom. The number of rotatable bonds is 14. The minimum absolute atomic E-state index is 0.0123. The standard InChI is InChI=1S/C28H42N2O2/c1-2-20-30(25-15-16-26-24(22-25)14-17-27(31)28(26)32)21-9-4-3-8-18-29-19-10-13-23-11-6-5-7-12-23/h5-7,11-12,14,17,25,29,31-32H,2-4,8-10,13,15-16,18-22H2,1H3. The van der Waals surface area contributed by atoms with Crippen molar-refractivity contribution in [1.29, 1.82) is 0 Å². The topological polar surface area (TPSA) is 55.7 Å². The highest BCUT2D eigenvalue weighted by molar-refractivity contribution is 5.50. The van der Waals surface area contributed by atoms with Gasteiger partial charge in [-0.2, -0.15) is 0 Å². The predicted octanol–water partition coefficient (Wildman–Crippen LogP) is 5.45. The summed E-state index contributed by atoms with van der Waals surface area (Å²) in [6, 6.07) is 14.9. The third-order valence-electron chi connectivity index (χ3n) is 6.78. The van der Waals surface area contributed by atoms with E-state index in [0.29, 0.717) is 6.04 Å². The molecule has 32 heavy (non-hydrogen) atoms. The summed E-state index contributed by atoms with van der Waals surface area (Å²) in [6.07, 6.45) is 11.6. The molecule has 0 aliphatic heterocycles. The third-order valence-corrected chi connectivity index (χ3v) is 6.78. The van der Waals surface area contributed by atoms with Crippen LogP contribution in [0.5, 0.6) is 11.5 Å². The Morgan fingerprint density at radius 2 is 1.69 bits per heavy atom. The first-order chi connectivity index (χ1) is 15.7. The molecule has 4 nitrogen and oxygen atoms in total. The number of hydrogen-bond donors (Lipinski definition) is 3. The van der Waals surface area contributed by atoms with Gasteiger partial charge >= 0.3 is 0 Å². The van der Waals surface area contributed by atoms with Gasteiger partial charge in [-0.25, -0.2) is 0 Å². The number of phenols is 2. The molecule has 0 amide bonds. The van der Waals surface area contributed by atoms with Crippen molar-refractivity contribution in [3.63, 3.8) is 0 Å². The van der Waals surface area contributed by atoms with E-state index in [4.69, 9.17) is 0 Å². The number of nitrogens with zero attached hydrogens (tertiary/aromatic N) is 1. The smallest absolute Gasteiger partial charge is 0.160 e. The second kappa shape index (κ2) is 13.5. The highest BCUT2D eigenvalue weighted by Gasteiger charge is 2.26. The molecule has 2 aromatic rings. The first kappa shape index (κ1) is 24.6. The van der Waals surface area contributed by atoms with Gasteiger partial charge in [0.05, 0.1) is 0 Å². The van der Waals surface area contributed by atoms with Crippen LogP contribution in [0.2, 0.25) is 0 Å². The van der Waals surface area contributed by atoms with E-state index in [9.17, 15) is 10.2 Å². The fourth-order valence-electron chi connectivity index (χ4n) is 4.98. The largest absolute Gasteiger partial charge is 0.504 e. The van der Waals surface area contributed by atoms with Crippen LogP contribution in [0.3, 0.4) is 0 Å². The van der Waals surface area contributed by atoms with Crippen molar-refractivity contribution in [1.82, 2.24) is 10.2 Å². The normalized spacial score (nSPS) is 15.8. The van der Waals surface area contributed by atoms with Gasteiger partial charge in [-0.1, -0.05) is 56.2 Å². The summed E-state index contributed by atoms with van der Waals surface area (Å²) in [5.74, 6) is 0.106. The molecule has 176 valence electrons. The van der Waals surface area contributed by atoms with E-state index in [1.54, 1.807) is 6.07 Å². The molecular formula is C28H42N2O2. The third kappa shape index (κ3) is 7.53. The number of benzene rings is 2. The molecule has 0 bridgehead atoms. The first-order valence-electron chi connectivity index (χ1n) is 12.7. The van der Waals surface area contributed by atoms with Gasteiger partial charge in [-0.05, 0) is 94.7 Å². The number of unbranched alkanes of at least 4 members (excludes halogenated alkanes) is 3. The highest BCUT2D eigenvalue weighted by Crippen LogP contribution is 2.36. The van der Waals surface area contributed by atoms with Crippen LogP contribution in [0, 0.1) is 0 Å². The quantitative estimate of drug-likeness (QED) is 0.271. The van der Waals surface area contributed by atoms with Crippen LogP contribution >= 0.6 is 0 Å². The van der Waals surface area contributed by atoms with E-state index in [1.807, 2.05) is 6.07 Å². The van der Waals surface area contributed by atoms with Gasteiger partial charge in [0.2, 0.25) is 0 Å². The van der Waals surface area contributed by atoms with Crippen molar-refractivity contribution in [3.8, 4) is 11.5 Å². The van der Waals surface area contributed by atoms with Crippen LogP contribution in [0.25, 0.3) is 0 Å². The first-order valence-corrected chi connectivity index (χ1v) is 12.7. The molecule has 1 aliphatic rings. The molecule has 1 aliphatic carbocycles. The Hall–Kier alpha value is -2.04. The number of nitrogens with one attached hydrogen (secondary N) is 1. The molecule has 0 spiro atoms. The minimum Gasteiger partial charge on any atom is -0.504 e. The van der Waals surface area contributed by atoms with E-state index < -0.39 is 0 Å². The number of aromatic hydroxyl groups is 2. The second-order valence-electron chi connectivity index (χ2n) is 9.26. The molecule has 0 saturated heterocycles. The molecule has 0 heterocycles. The minimum atomic E-state index is 0.0123. The van der Waals surface area contributed by atoms with Crippen molar-refractivity contribution >= 4 is 0 Å². The van der Waals surface area contributed by atoms with E-state index in [-0.39, 0.29) is 11.5 Å². The lowest BCUT2D eigenvalue weighted by atomic mass is 9.86. The molecule has 0 aromatic heterocycles. The van der Waals surface area contributed by atoms with E-state index >= 15 is 0 Å². The van der Waals surface area contributed by atoms with Gasteiger partial charge in [0.15, 0.2) is 11.5 Å². The molecule has 0 fully saturated rings. The molecule has 3 rings (SSSR count). The molecule has 0 radical (unpaired) electrons. The van der Waals surface area contributed by atoms with Crippen LogP contribution in [0.15, 0.2) is 42.5 Å². The van der Waals surface area contributed by atoms with Crippen LogP contribution in [0.1, 0.15) is 68.6 Å². The maximum Gasteiger partial charge on any atom is 0.160 e. The summed E-state index contributed by atoms with van der Waals surface area (Å²) in [5, 5.41) is 23.5. The Bertz CT molecular complexity index is 794. The fraction of sp³-hybridized carbons (Fsp3) is 0.571. The van der Waals surface area contributed by atoms with Crippen molar-refractivity contribution in [2.75, 3.05) is 26.2 Å². The second-order valence-corrected chi connectivity index (χ2v) is 9.26. The van der Waals surface area contributed by atoms with Crippen LogP contribution < -0.4 is 5.32 Å². The van der Waals surface area contributed by atoms with Gasteiger partial charge in [-0.3, -0.25) is 0 Å². The molecule has 1 unspecified atom stereocenters. The van der Waals surface area contributed by atoms with Gasteiger partial charge < -0.3 is 20.4 Å². The zero-order valence-corrected chi connectivity index (χ0v) is 19.9. The average molecular weight is 439 g/mol. The Kier molecular flexibility index (Phi) is 10.4. The van der Waals surface area contributed by atoms with E-state index in [0.717, 1.165) is 50.9 Å². The molecule has 2 aromatic carbocycles. The highest BCUT2D eigenvalue weighted by atomic mass is 16.3. The molecular weight excluding hydrogens is 396 g/mol. The summed E-state index contributed by atoms with van der Waals surface area (Å²) in [6.45, 7) is 6.81. The number of fused-ring (bicyclic) bond motifs is 1. The van der Waals surface area contributed by atoms with Gasteiger partial charge in [0, 0.05) is 11.6 Å². The zero-order valence-electron chi connectivity index (χ0n) is 19.9. The number of aryl methyl sites for hydroxylation is 1. The molecule has 4 heteroatoms. The van der Waals surface area contributed by atoms with Crippen LogP contribution in [-0.4, -0.2) is 47.3 Å². The Balaban J connectivity index is 1.28. The summed E-state index contributed by atoms with van der Waals surface area (Å²) in [4.78, 5) is 2.66. The Morgan fingerprint density at radius 1 is 0.906 bits per heavy atom. The van der Waals surface area contributed by atoms with Gasteiger partial charge in [-0.15, -0.1) is 0 Å². The summed E-state index contributed by atoms with van der Waals surface area (Å²) >= 11 is 0. The SMILES string of the molecule is CCCN(CCCCCCNCCCc1ccccc1)C1CCc2c(ccc(O)c2O)C1. The van der Waals surface area contributed by atoms with E-state index in [2.05, 4.69) is 47.5 Å². The maximum absolute atomic E-state index is 10.1. The van der Waals surface area contributed by atoms with Crippen molar-refractivity contribution in [2.45, 2.75) is 77.2 Å². The number of hydrogen-bond acceptors (Lipinski definition) is 4. The van der Waals surface area contributed by atoms with Gasteiger partial charge in [0.25, 0.3) is 0 Å². The van der Waals surface area contributed by atoms with Crippen molar-refractivity contribution in [3.05, 3.63) is 59.2 Å². The van der Waals surface area contributed by atoms with Crippen molar-refractivity contribution < 1.29 is 10.2 Å². The fourth-order valence-corrected chi connectivity index (χ4v) is 4.98. The van der Waals surface area contributed by atoms with Crippen LogP contribution in [-0.2, 0) is 19.3 Å². The van der Waals surface area contributed by atoms with E-state index in [1.165, 1.54) is 56.2 Å².